The van der Waals surface area contributed by atoms with Crippen LogP contribution in [0.15, 0.2) is 30.3 Å². The summed E-state index contributed by atoms with van der Waals surface area (Å²) in [7, 11) is 0. The molecule has 1 heterocycles. The maximum absolute atomic E-state index is 12.1. The van der Waals surface area contributed by atoms with Gasteiger partial charge in [-0.3, -0.25) is 4.79 Å². The van der Waals surface area contributed by atoms with Crippen LogP contribution >= 0.6 is 0 Å². The Morgan fingerprint density at radius 2 is 2.21 bits per heavy atom. The fourth-order valence-corrected chi connectivity index (χ4v) is 2.46. The summed E-state index contributed by atoms with van der Waals surface area (Å²) in [5.41, 5.74) is 7.22. The standard InChI is InChI=1S/C15H23N3O/c1-12-11-18(10-9-17-12)15(19)8-7-14(16)13-5-3-2-4-6-13/h2-6,12,14,17H,7-11,16H2,1H3/t12-,14+/m0/s1. The van der Waals surface area contributed by atoms with Crippen molar-refractivity contribution in [1.29, 1.82) is 0 Å². The van der Waals surface area contributed by atoms with Crippen molar-refractivity contribution < 1.29 is 4.79 Å². The van der Waals surface area contributed by atoms with Gasteiger partial charge in [-0.2, -0.15) is 0 Å². The molecule has 1 saturated heterocycles. The average Bonchev–Trinajstić information content (AvgIpc) is 2.45. The summed E-state index contributed by atoms with van der Waals surface area (Å²) in [4.78, 5) is 14.1. The topological polar surface area (TPSA) is 58.4 Å². The second-order valence-corrected chi connectivity index (χ2v) is 5.25. The molecule has 2 rings (SSSR count). The van der Waals surface area contributed by atoms with Crippen molar-refractivity contribution in [2.24, 2.45) is 5.73 Å². The third-order valence-electron chi connectivity index (χ3n) is 3.62. The molecule has 104 valence electrons. The molecule has 1 amide bonds. The summed E-state index contributed by atoms with van der Waals surface area (Å²) < 4.78 is 0. The fraction of sp³-hybridized carbons (Fsp3) is 0.533. The molecular weight excluding hydrogens is 238 g/mol. The van der Waals surface area contributed by atoms with Gasteiger partial charge in [0.25, 0.3) is 0 Å². The van der Waals surface area contributed by atoms with E-state index in [0.29, 0.717) is 18.9 Å². The lowest BCUT2D eigenvalue weighted by molar-refractivity contribution is -0.132. The molecule has 0 unspecified atom stereocenters. The monoisotopic (exact) mass is 261 g/mol. The lowest BCUT2D eigenvalue weighted by Crippen LogP contribution is -2.51. The first-order chi connectivity index (χ1) is 9.16. The molecule has 2 atom stereocenters. The molecule has 1 fully saturated rings. The Balaban J connectivity index is 1.80. The lowest BCUT2D eigenvalue weighted by atomic mass is 10.0. The van der Waals surface area contributed by atoms with E-state index in [0.717, 1.165) is 25.2 Å². The third-order valence-corrected chi connectivity index (χ3v) is 3.62. The molecule has 0 saturated carbocycles. The van der Waals surface area contributed by atoms with Crippen LogP contribution in [0, 0.1) is 0 Å². The molecular formula is C15H23N3O. The Morgan fingerprint density at radius 1 is 1.47 bits per heavy atom. The summed E-state index contributed by atoms with van der Waals surface area (Å²) in [6.45, 7) is 4.61. The van der Waals surface area contributed by atoms with Crippen molar-refractivity contribution in [2.45, 2.75) is 31.8 Å². The van der Waals surface area contributed by atoms with E-state index < -0.39 is 0 Å². The van der Waals surface area contributed by atoms with E-state index in [9.17, 15) is 4.79 Å². The highest BCUT2D eigenvalue weighted by Gasteiger charge is 2.20. The molecule has 1 aromatic rings. The highest BCUT2D eigenvalue weighted by atomic mass is 16.2. The number of amides is 1. The Labute approximate surface area is 115 Å². The number of piperazine rings is 1. The first-order valence-electron chi connectivity index (χ1n) is 6.98. The second-order valence-electron chi connectivity index (χ2n) is 5.25. The molecule has 3 N–H and O–H groups in total. The molecule has 0 aromatic heterocycles. The highest BCUT2D eigenvalue weighted by Crippen LogP contribution is 2.16. The maximum atomic E-state index is 12.1. The van der Waals surface area contributed by atoms with Gasteiger partial charge in [-0.25, -0.2) is 0 Å². The molecule has 0 spiro atoms. The van der Waals surface area contributed by atoms with Crippen molar-refractivity contribution >= 4 is 5.91 Å². The number of rotatable bonds is 4. The molecule has 0 aliphatic carbocycles. The van der Waals surface area contributed by atoms with E-state index in [1.807, 2.05) is 35.2 Å². The zero-order valence-electron chi connectivity index (χ0n) is 11.5. The molecule has 19 heavy (non-hydrogen) atoms. The van der Waals surface area contributed by atoms with Gasteiger partial charge >= 0.3 is 0 Å². The Bertz CT molecular complexity index is 407. The normalized spacial score (nSPS) is 21.2. The number of hydrogen-bond acceptors (Lipinski definition) is 3. The van der Waals surface area contributed by atoms with Crippen molar-refractivity contribution in [2.75, 3.05) is 19.6 Å². The van der Waals surface area contributed by atoms with Crippen LogP contribution in [-0.2, 0) is 4.79 Å². The van der Waals surface area contributed by atoms with Gasteiger partial charge in [-0.05, 0) is 18.9 Å². The number of nitrogens with one attached hydrogen (secondary N) is 1. The summed E-state index contributed by atoms with van der Waals surface area (Å²) in [6, 6.07) is 10.3. The van der Waals surface area contributed by atoms with Crippen LogP contribution in [0.1, 0.15) is 31.4 Å². The van der Waals surface area contributed by atoms with Gasteiger partial charge in [-0.1, -0.05) is 30.3 Å². The van der Waals surface area contributed by atoms with Gasteiger partial charge in [-0.15, -0.1) is 0 Å². The minimum absolute atomic E-state index is 0.0505. The van der Waals surface area contributed by atoms with Crippen molar-refractivity contribution in [3.8, 4) is 0 Å². The van der Waals surface area contributed by atoms with Gasteiger partial charge < -0.3 is 16.0 Å². The first-order valence-corrected chi connectivity index (χ1v) is 6.98. The van der Waals surface area contributed by atoms with Crippen LogP contribution in [0.25, 0.3) is 0 Å². The quantitative estimate of drug-likeness (QED) is 0.858. The number of hydrogen-bond donors (Lipinski definition) is 2. The number of nitrogens with zero attached hydrogens (tertiary/aromatic N) is 1. The Hall–Kier alpha value is -1.39. The van der Waals surface area contributed by atoms with E-state index in [1.54, 1.807) is 0 Å². The second kappa shape index (κ2) is 6.68. The van der Waals surface area contributed by atoms with Crippen LogP contribution in [0.2, 0.25) is 0 Å². The van der Waals surface area contributed by atoms with Crippen LogP contribution in [0.5, 0.6) is 0 Å². The first kappa shape index (κ1) is 14.0. The maximum Gasteiger partial charge on any atom is 0.222 e. The molecule has 1 aliphatic rings. The van der Waals surface area contributed by atoms with E-state index >= 15 is 0 Å². The number of carbonyl (C=O) groups is 1. The minimum atomic E-state index is -0.0505. The van der Waals surface area contributed by atoms with Crippen molar-refractivity contribution in [3.05, 3.63) is 35.9 Å². The molecule has 0 radical (unpaired) electrons. The van der Waals surface area contributed by atoms with E-state index in [1.165, 1.54) is 0 Å². The molecule has 4 heteroatoms. The fourth-order valence-electron chi connectivity index (χ4n) is 2.46. The zero-order chi connectivity index (χ0) is 13.7. The summed E-state index contributed by atoms with van der Waals surface area (Å²) in [5, 5.41) is 3.34. The predicted molar refractivity (Wildman–Crippen MR) is 76.6 cm³/mol. The van der Waals surface area contributed by atoms with Crippen molar-refractivity contribution in [3.63, 3.8) is 0 Å². The van der Waals surface area contributed by atoms with Gasteiger partial charge in [0.15, 0.2) is 0 Å². The molecule has 1 aliphatic heterocycles. The van der Waals surface area contributed by atoms with Crippen LogP contribution in [-0.4, -0.2) is 36.5 Å². The SMILES string of the molecule is C[C@H]1CN(C(=O)CC[C@@H](N)c2ccccc2)CCN1. The predicted octanol–water partition coefficient (Wildman–Crippen LogP) is 1.29. The average molecular weight is 261 g/mol. The summed E-state index contributed by atoms with van der Waals surface area (Å²) in [5.74, 6) is 0.222. The van der Waals surface area contributed by atoms with Gasteiger partial charge in [0.2, 0.25) is 5.91 Å². The summed E-state index contributed by atoms with van der Waals surface area (Å²) >= 11 is 0. The highest BCUT2D eigenvalue weighted by molar-refractivity contribution is 5.76. The number of carbonyl (C=O) groups excluding carboxylic acids is 1. The molecule has 1 aromatic carbocycles. The van der Waals surface area contributed by atoms with Crippen LogP contribution in [0.3, 0.4) is 0 Å². The van der Waals surface area contributed by atoms with Gasteiger partial charge in [0, 0.05) is 38.1 Å². The van der Waals surface area contributed by atoms with E-state index in [4.69, 9.17) is 5.73 Å². The smallest absolute Gasteiger partial charge is 0.222 e. The molecule has 4 nitrogen and oxygen atoms in total. The van der Waals surface area contributed by atoms with Gasteiger partial charge in [0.1, 0.15) is 0 Å². The largest absolute Gasteiger partial charge is 0.340 e. The Morgan fingerprint density at radius 3 is 2.89 bits per heavy atom. The van der Waals surface area contributed by atoms with Crippen molar-refractivity contribution in [1.82, 2.24) is 10.2 Å². The Kier molecular flexibility index (Phi) is 4.93. The number of nitrogens with two attached hydrogens (primary N) is 1. The van der Waals surface area contributed by atoms with Gasteiger partial charge in [0.05, 0.1) is 0 Å². The van der Waals surface area contributed by atoms with Crippen LogP contribution < -0.4 is 11.1 Å². The minimum Gasteiger partial charge on any atom is -0.340 e. The number of benzene rings is 1. The van der Waals surface area contributed by atoms with E-state index in [-0.39, 0.29) is 11.9 Å². The third kappa shape index (κ3) is 4.04. The summed E-state index contributed by atoms with van der Waals surface area (Å²) in [6.07, 6.45) is 1.24. The van der Waals surface area contributed by atoms with Crippen LogP contribution in [0.4, 0.5) is 0 Å². The zero-order valence-corrected chi connectivity index (χ0v) is 11.5. The van der Waals surface area contributed by atoms with E-state index in [2.05, 4.69) is 12.2 Å². The molecule has 0 bridgehead atoms. The lowest BCUT2D eigenvalue weighted by Gasteiger charge is -2.32.